The van der Waals surface area contributed by atoms with Crippen molar-refractivity contribution in [1.29, 1.82) is 0 Å². The quantitative estimate of drug-likeness (QED) is 0.0799. The lowest BCUT2D eigenvalue weighted by atomic mass is 10.1. The molecule has 206 valence electrons. The van der Waals surface area contributed by atoms with E-state index in [9.17, 15) is 34.9 Å². The van der Waals surface area contributed by atoms with Crippen LogP contribution >= 0.6 is 12.0 Å². The van der Waals surface area contributed by atoms with E-state index in [-0.39, 0.29) is 21.4 Å². The number of phenolic OH excluding ortho intramolecular Hbond substituents is 1. The minimum Gasteiger partial charge on any atom is -0.505 e. The average Bonchev–Trinajstić information content (AvgIpc) is 2.81. The van der Waals surface area contributed by atoms with Crippen molar-refractivity contribution >= 4 is 64.5 Å². The Bertz CT molecular complexity index is 1700. The van der Waals surface area contributed by atoms with Gasteiger partial charge in [0.15, 0.2) is 15.6 Å². The van der Waals surface area contributed by atoms with Crippen LogP contribution in [0.4, 0.5) is 11.4 Å². The van der Waals surface area contributed by atoms with E-state index < -0.39 is 59.0 Å². The van der Waals surface area contributed by atoms with E-state index in [4.69, 9.17) is 9.81 Å². The fraction of sp³-hybridized carbons (Fsp3) is 0.158. The van der Waals surface area contributed by atoms with Gasteiger partial charge in [-0.2, -0.15) is 21.9 Å². The number of nitrogens with zero attached hydrogens (tertiary/aromatic N) is 2. The highest BCUT2D eigenvalue weighted by atomic mass is 32.3. The molecule has 0 atom stereocenters. The molecule has 19 heteroatoms. The summed E-state index contributed by atoms with van der Waals surface area (Å²) in [6, 6.07) is 8.52. The maximum Gasteiger partial charge on any atom is 0.397 e. The van der Waals surface area contributed by atoms with Gasteiger partial charge in [-0.3, -0.25) is 9.11 Å². The SMILES string of the molecule is Cc1cc2c(O)c(N=Nc3ccc(S(=O)(=O)CCOS(=O)(=O)O)cc3)c(S(=O)(=O)O)cc2cc1SOOO. The van der Waals surface area contributed by atoms with E-state index in [2.05, 4.69) is 23.8 Å². The Morgan fingerprint density at radius 1 is 0.947 bits per heavy atom. The first kappa shape index (κ1) is 29.8. The van der Waals surface area contributed by atoms with Crippen LogP contribution in [-0.2, 0) is 43.9 Å². The second kappa shape index (κ2) is 11.6. The van der Waals surface area contributed by atoms with Gasteiger partial charge in [-0.05, 0) is 60.3 Å². The van der Waals surface area contributed by atoms with Crippen molar-refractivity contribution in [3.63, 3.8) is 0 Å². The van der Waals surface area contributed by atoms with Crippen LogP contribution in [-0.4, -0.2) is 57.1 Å². The van der Waals surface area contributed by atoms with Crippen molar-refractivity contribution in [2.45, 2.75) is 21.6 Å². The smallest absolute Gasteiger partial charge is 0.397 e. The molecule has 0 aliphatic rings. The Morgan fingerprint density at radius 3 is 2.18 bits per heavy atom. The molecule has 0 aromatic heterocycles. The van der Waals surface area contributed by atoms with Crippen molar-refractivity contribution in [2.75, 3.05) is 12.4 Å². The molecule has 3 aromatic carbocycles. The number of hydrogen-bond acceptors (Lipinski definition) is 14. The molecule has 0 bridgehead atoms. The molecular weight excluding hydrogens is 592 g/mol. The molecule has 0 radical (unpaired) electrons. The molecule has 3 aromatic rings. The third kappa shape index (κ3) is 7.44. The number of sulfone groups is 1. The lowest BCUT2D eigenvalue weighted by Crippen LogP contribution is -2.15. The van der Waals surface area contributed by atoms with E-state index in [1.165, 1.54) is 24.3 Å². The number of azo groups is 1. The summed E-state index contributed by atoms with van der Waals surface area (Å²) in [4.78, 5) is -0.619. The largest absolute Gasteiger partial charge is 0.505 e. The Morgan fingerprint density at radius 2 is 1.61 bits per heavy atom. The van der Waals surface area contributed by atoms with Crippen molar-refractivity contribution in [2.24, 2.45) is 10.2 Å². The molecule has 0 fully saturated rings. The molecule has 0 amide bonds. The van der Waals surface area contributed by atoms with Crippen LogP contribution in [0.5, 0.6) is 5.75 Å². The summed E-state index contributed by atoms with van der Waals surface area (Å²) in [5, 5.41) is 30.5. The molecule has 0 saturated carbocycles. The highest BCUT2D eigenvalue weighted by molar-refractivity contribution is 7.94. The molecule has 0 unspecified atom stereocenters. The van der Waals surface area contributed by atoms with E-state index >= 15 is 0 Å². The minimum atomic E-state index is -4.91. The maximum atomic E-state index is 12.3. The van der Waals surface area contributed by atoms with Gasteiger partial charge in [0.1, 0.15) is 10.6 Å². The number of rotatable bonds is 11. The second-order valence-electron chi connectivity index (χ2n) is 7.37. The number of aromatic hydroxyl groups is 1. The zero-order valence-electron chi connectivity index (χ0n) is 18.9. The summed E-state index contributed by atoms with van der Waals surface area (Å²) in [6.07, 6.45) is 0. The molecule has 0 aliphatic carbocycles. The Kier molecular flexibility index (Phi) is 9.08. The van der Waals surface area contributed by atoms with E-state index in [0.717, 1.165) is 18.2 Å². The van der Waals surface area contributed by atoms with E-state index in [0.29, 0.717) is 22.5 Å². The zero-order valence-corrected chi connectivity index (χ0v) is 22.2. The molecule has 0 aliphatic heterocycles. The zero-order chi connectivity index (χ0) is 28.3. The van der Waals surface area contributed by atoms with Gasteiger partial charge < -0.3 is 5.11 Å². The maximum absolute atomic E-state index is 12.3. The number of hydrogen-bond donors (Lipinski definition) is 4. The summed E-state index contributed by atoms with van der Waals surface area (Å²) in [7, 11) is -13.7. The summed E-state index contributed by atoms with van der Waals surface area (Å²) < 4.78 is 96.3. The molecule has 0 saturated heterocycles. The predicted molar refractivity (Wildman–Crippen MR) is 131 cm³/mol. The molecule has 0 heterocycles. The lowest BCUT2D eigenvalue weighted by molar-refractivity contribution is -0.432. The minimum absolute atomic E-state index is 0.0306. The average molecular weight is 611 g/mol. The molecule has 3 rings (SSSR count). The van der Waals surface area contributed by atoms with Gasteiger partial charge in [-0.15, -0.1) is 9.45 Å². The third-order valence-electron chi connectivity index (χ3n) is 4.82. The van der Waals surface area contributed by atoms with Crippen molar-refractivity contribution in [3.05, 3.63) is 48.0 Å². The second-order valence-corrected chi connectivity index (χ2v) is 12.7. The summed E-state index contributed by atoms with van der Waals surface area (Å²) in [6.45, 7) is 0.814. The third-order valence-corrected chi connectivity index (χ3v) is 8.60. The van der Waals surface area contributed by atoms with Gasteiger partial charge in [0, 0.05) is 10.3 Å². The Balaban J connectivity index is 1.97. The van der Waals surface area contributed by atoms with Crippen LogP contribution < -0.4 is 0 Å². The number of fused-ring (bicyclic) bond motifs is 1. The number of phenols is 1. The normalized spacial score (nSPS) is 12.9. The molecule has 15 nitrogen and oxygen atoms in total. The van der Waals surface area contributed by atoms with Crippen LogP contribution in [0.15, 0.2) is 67.4 Å². The van der Waals surface area contributed by atoms with Crippen LogP contribution in [0.25, 0.3) is 10.8 Å². The predicted octanol–water partition coefficient (Wildman–Crippen LogP) is 3.54. The van der Waals surface area contributed by atoms with Gasteiger partial charge in [0.2, 0.25) is 0 Å². The Hall–Kier alpha value is -2.72. The summed E-state index contributed by atoms with van der Waals surface area (Å²) in [5.41, 5.74) is -0.0204. The fourth-order valence-electron chi connectivity index (χ4n) is 3.11. The van der Waals surface area contributed by atoms with E-state index in [1.807, 2.05) is 0 Å². The monoisotopic (exact) mass is 610 g/mol. The van der Waals surface area contributed by atoms with Gasteiger partial charge in [0.25, 0.3) is 10.1 Å². The van der Waals surface area contributed by atoms with Crippen LogP contribution in [0.3, 0.4) is 0 Å². The van der Waals surface area contributed by atoms with Crippen LogP contribution in [0.2, 0.25) is 0 Å². The van der Waals surface area contributed by atoms with Crippen molar-refractivity contribution in [1.82, 2.24) is 0 Å². The van der Waals surface area contributed by atoms with E-state index in [1.54, 1.807) is 6.92 Å². The lowest BCUT2D eigenvalue weighted by Gasteiger charge is -2.11. The standard InChI is InChI=1S/C19H18N2O13S4/c1-11-8-15-12(9-16(11)35-34-33-23)10-17(37(26,27)28)18(19(15)22)21-20-13-2-4-14(5-3-13)36(24,25)7-6-32-38(29,30)31/h2-5,8-10,22-23H,6-7H2,1H3,(H,26,27,28)(H,29,30,31). The summed E-state index contributed by atoms with van der Waals surface area (Å²) in [5.74, 6) is -1.38. The topological polar surface area (TPSA) is 236 Å². The molecule has 0 spiro atoms. The van der Waals surface area contributed by atoms with Crippen LogP contribution in [0, 0.1) is 6.92 Å². The first-order chi connectivity index (χ1) is 17.6. The highest BCUT2D eigenvalue weighted by Gasteiger charge is 2.23. The van der Waals surface area contributed by atoms with Gasteiger partial charge >= 0.3 is 10.4 Å². The first-order valence-corrected chi connectivity index (χ1v) is 15.1. The molecule has 4 N–H and O–H groups in total. The van der Waals surface area contributed by atoms with Gasteiger partial charge in [0.05, 0.1) is 35.0 Å². The van der Waals surface area contributed by atoms with Gasteiger partial charge in [-0.1, -0.05) is 5.04 Å². The van der Waals surface area contributed by atoms with Crippen molar-refractivity contribution < 1.29 is 58.3 Å². The van der Waals surface area contributed by atoms with Crippen LogP contribution in [0.1, 0.15) is 5.56 Å². The molecular formula is C19H18N2O13S4. The van der Waals surface area contributed by atoms with Crippen molar-refractivity contribution in [3.8, 4) is 5.75 Å². The Labute approximate surface area is 220 Å². The first-order valence-electron chi connectivity index (χ1n) is 9.91. The summed E-state index contributed by atoms with van der Waals surface area (Å²) >= 11 is 0.605. The number of aryl methyl sites for hydroxylation is 1. The number of benzene rings is 3. The molecule has 38 heavy (non-hydrogen) atoms. The highest BCUT2D eigenvalue weighted by Crippen LogP contribution is 2.43. The van der Waals surface area contributed by atoms with Gasteiger partial charge in [-0.25, -0.2) is 17.9 Å². The fourth-order valence-corrected chi connectivity index (χ4v) is 5.73.